The molecule has 3 aromatic rings. The Morgan fingerprint density at radius 1 is 1.05 bits per heavy atom. The van der Waals surface area contributed by atoms with Crippen LogP contribution in [0.25, 0.3) is 16.7 Å². The third-order valence-electron chi connectivity index (χ3n) is 3.76. The maximum atomic E-state index is 9.58. The predicted molar refractivity (Wildman–Crippen MR) is 83.7 cm³/mol. The Kier molecular flexibility index (Phi) is 3.26. The second-order valence-electron chi connectivity index (χ2n) is 6.08. The summed E-state index contributed by atoms with van der Waals surface area (Å²) in [4.78, 5) is 1.66. The summed E-state index contributed by atoms with van der Waals surface area (Å²) in [5, 5.41) is 18.6. The molecule has 0 atom stereocenters. The monoisotopic (exact) mass is 281 g/mol. The van der Waals surface area contributed by atoms with Crippen molar-refractivity contribution in [2.45, 2.75) is 26.2 Å². The zero-order valence-electron chi connectivity index (χ0n) is 12.5. The summed E-state index contributed by atoms with van der Waals surface area (Å²) >= 11 is 0. The van der Waals surface area contributed by atoms with Crippen LogP contribution in [-0.2, 0) is 5.41 Å². The van der Waals surface area contributed by atoms with Gasteiger partial charge in [-0.1, -0.05) is 32.0 Å². The van der Waals surface area contributed by atoms with E-state index in [1.54, 1.807) is 4.80 Å². The molecular weight excluding hydrogens is 262 g/mol. The number of rotatable bonds is 3. The minimum Gasteiger partial charge on any atom is -0.395 e. The molecule has 3 rings (SSSR count). The molecule has 0 saturated heterocycles. The van der Waals surface area contributed by atoms with E-state index in [4.69, 9.17) is 0 Å². The van der Waals surface area contributed by atoms with Crippen molar-refractivity contribution in [3.63, 3.8) is 0 Å². The number of hydrogen-bond acceptors (Lipinski definition) is 3. The molecule has 108 valence electrons. The summed E-state index contributed by atoms with van der Waals surface area (Å²) < 4.78 is 0. The third kappa shape index (κ3) is 2.54. The Bertz CT molecular complexity index is 757. The van der Waals surface area contributed by atoms with Gasteiger partial charge in [0.15, 0.2) is 0 Å². The molecule has 0 aliphatic rings. The highest BCUT2D eigenvalue weighted by atomic mass is 16.3. The molecule has 0 saturated carbocycles. The van der Waals surface area contributed by atoms with Crippen LogP contribution in [0.1, 0.15) is 25.0 Å². The molecule has 0 aliphatic carbocycles. The van der Waals surface area contributed by atoms with Gasteiger partial charge in [0.1, 0.15) is 11.0 Å². The van der Waals surface area contributed by atoms with Crippen LogP contribution >= 0.6 is 0 Å². The SMILES string of the molecule is Cc1cc(-n2nc3ccccc3n2)cc(C(C)(C)CO)c1. The smallest absolute Gasteiger partial charge is 0.113 e. The second-order valence-corrected chi connectivity index (χ2v) is 6.08. The van der Waals surface area contributed by atoms with Gasteiger partial charge in [-0.05, 0) is 42.3 Å². The first-order valence-corrected chi connectivity index (χ1v) is 7.05. The largest absolute Gasteiger partial charge is 0.395 e. The standard InChI is InChI=1S/C17H19N3O/c1-12-8-13(17(2,3)11-21)10-14(9-12)20-18-15-6-4-5-7-16(15)19-20/h4-10,21H,11H2,1-3H3. The van der Waals surface area contributed by atoms with Crippen molar-refractivity contribution in [2.24, 2.45) is 0 Å². The Labute approximate surface area is 124 Å². The summed E-state index contributed by atoms with van der Waals surface area (Å²) in [5.41, 5.74) is 4.60. The van der Waals surface area contributed by atoms with Crippen LogP contribution < -0.4 is 0 Å². The molecule has 2 aromatic carbocycles. The van der Waals surface area contributed by atoms with Crippen LogP contribution in [0.5, 0.6) is 0 Å². The number of aryl methyl sites for hydroxylation is 1. The van der Waals surface area contributed by atoms with Gasteiger partial charge in [0.25, 0.3) is 0 Å². The summed E-state index contributed by atoms with van der Waals surface area (Å²) in [5.74, 6) is 0. The van der Waals surface area contributed by atoms with Gasteiger partial charge in [0.2, 0.25) is 0 Å². The van der Waals surface area contributed by atoms with Crippen molar-refractivity contribution in [2.75, 3.05) is 6.61 Å². The lowest BCUT2D eigenvalue weighted by Gasteiger charge is -2.23. The lowest BCUT2D eigenvalue weighted by molar-refractivity contribution is 0.218. The van der Waals surface area contributed by atoms with Crippen molar-refractivity contribution in [1.29, 1.82) is 0 Å². The first-order valence-electron chi connectivity index (χ1n) is 7.05. The van der Waals surface area contributed by atoms with Crippen molar-refractivity contribution < 1.29 is 5.11 Å². The third-order valence-corrected chi connectivity index (χ3v) is 3.76. The molecule has 0 amide bonds. The fraction of sp³-hybridized carbons (Fsp3) is 0.294. The number of hydrogen-bond donors (Lipinski definition) is 1. The van der Waals surface area contributed by atoms with E-state index < -0.39 is 0 Å². The average Bonchev–Trinajstić information content (AvgIpc) is 2.90. The van der Waals surface area contributed by atoms with Crippen molar-refractivity contribution >= 4 is 11.0 Å². The number of aromatic nitrogens is 3. The van der Waals surface area contributed by atoms with E-state index in [1.807, 2.05) is 51.1 Å². The van der Waals surface area contributed by atoms with E-state index in [0.29, 0.717) is 0 Å². The summed E-state index contributed by atoms with van der Waals surface area (Å²) in [6.07, 6.45) is 0. The van der Waals surface area contributed by atoms with Gasteiger partial charge in [0.05, 0.1) is 12.3 Å². The highest BCUT2D eigenvalue weighted by Gasteiger charge is 2.20. The highest BCUT2D eigenvalue weighted by molar-refractivity contribution is 5.73. The van der Waals surface area contributed by atoms with Crippen molar-refractivity contribution in [1.82, 2.24) is 15.0 Å². The maximum absolute atomic E-state index is 9.58. The van der Waals surface area contributed by atoms with E-state index in [0.717, 1.165) is 27.8 Å². The van der Waals surface area contributed by atoms with Crippen LogP contribution in [-0.4, -0.2) is 26.7 Å². The van der Waals surface area contributed by atoms with Gasteiger partial charge in [-0.3, -0.25) is 0 Å². The first kappa shape index (κ1) is 13.8. The van der Waals surface area contributed by atoms with Crippen LogP contribution in [0.3, 0.4) is 0 Å². The number of aliphatic hydroxyl groups is 1. The molecule has 0 spiro atoms. The number of nitrogens with zero attached hydrogens (tertiary/aromatic N) is 3. The van der Waals surface area contributed by atoms with Gasteiger partial charge in [0, 0.05) is 5.41 Å². The lowest BCUT2D eigenvalue weighted by atomic mass is 9.84. The summed E-state index contributed by atoms with van der Waals surface area (Å²) in [6.45, 7) is 6.20. The zero-order chi connectivity index (χ0) is 15.0. The predicted octanol–water partition coefficient (Wildman–Crippen LogP) is 3.00. The van der Waals surface area contributed by atoms with Gasteiger partial charge in [-0.25, -0.2) is 0 Å². The fourth-order valence-corrected chi connectivity index (χ4v) is 2.34. The molecule has 21 heavy (non-hydrogen) atoms. The van der Waals surface area contributed by atoms with Crippen LogP contribution in [0.2, 0.25) is 0 Å². The number of fused-ring (bicyclic) bond motifs is 1. The van der Waals surface area contributed by atoms with E-state index in [1.165, 1.54) is 0 Å². The first-order chi connectivity index (χ1) is 9.99. The van der Waals surface area contributed by atoms with Crippen LogP contribution in [0.4, 0.5) is 0 Å². The Morgan fingerprint density at radius 2 is 1.67 bits per heavy atom. The van der Waals surface area contributed by atoms with E-state index >= 15 is 0 Å². The molecule has 1 N–H and O–H groups in total. The molecule has 1 aromatic heterocycles. The van der Waals surface area contributed by atoms with E-state index in [2.05, 4.69) is 22.3 Å². The van der Waals surface area contributed by atoms with Crippen molar-refractivity contribution in [3.05, 3.63) is 53.6 Å². The molecule has 0 bridgehead atoms. The maximum Gasteiger partial charge on any atom is 0.113 e. The fourth-order valence-electron chi connectivity index (χ4n) is 2.34. The molecular formula is C17H19N3O. The molecule has 0 aliphatic heterocycles. The van der Waals surface area contributed by atoms with Gasteiger partial charge in [-0.15, -0.1) is 10.2 Å². The minimum absolute atomic E-state index is 0.102. The molecule has 0 fully saturated rings. The quantitative estimate of drug-likeness (QED) is 0.803. The van der Waals surface area contributed by atoms with Crippen molar-refractivity contribution in [3.8, 4) is 5.69 Å². The Balaban J connectivity index is 2.13. The molecule has 4 nitrogen and oxygen atoms in total. The molecule has 4 heteroatoms. The second kappa shape index (κ2) is 4.97. The highest BCUT2D eigenvalue weighted by Crippen LogP contribution is 2.26. The lowest BCUT2D eigenvalue weighted by Crippen LogP contribution is -2.22. The van der Waals surface area contributed by atoms with Crippen LogP contribution in [0.15, 0.2) is 42.5 Å². The zero-order valence-corrected chi connectivity index (χ0v) is 12.5. The average molecular weight is 281 g/mol. The molecule has 0 unspecified atom stereocenters. The minimum atomic E-state index is -0.284. The Morgan fingerprint density at radius 3 is 2.24 bits per heavy atom. The Hall–Kier alpha value is -2.20. The van der Waals surface area contributed by atoms with Gasteiger partial charge < -0.3 is 5.11 Å². The van der Waals surface area contributed by atoms with E-state index in [-0.39, 0.29) is 12.0 Å². The van der Waals surface area contributed by atoms with E-state index in [9.17, 15) is 5.11 Å². The summed E-state index contributed by atoms with van der Waals surface area (Å²) in [7, 11) is 0. The summed E-state index contributed by atoms with van der Waals surface area (Å²) in [6, 6.07) is 14.0. The van der Waals surface area contributed by atoms with Gasteiger partial charge >= 0.3 is 0 Å². The number of benzene rings is 2. The van der Waals surface area contributed by atoms with Gasteiger partial charge in [-0.2, -0.15) is 4.80 Å². The molecule has 1 heterocycles. The molecule has 0 radical (unpaired) electrons. The van der Waals surface area contributed by atoms with Crippen LogP contribution in [0, 0.1) is 6.92 Å². The topological polar surface area (TPSA) is 50.9 Å². The number of aliphatic hydroxyl groups excluding tert-OH is 1. The normalized spacial score (nSPS) is 12.0.